The predicted octanol–water partition coefficient (Wildman–Crippen LogP) is 14.4. The molecule has 1 N–H and O–H groups in total. The Balaban J connectivity index is 0.000000286. The Kier molecular flexibility index (Phi) is 12.2. The molecule has 5 aromatic carbocycles. The summed E-state index contributed by atoms with van der Waals surface area (Å²) >= 11 is 0. The Bertz CT molecular complexity index is 2570. The van der Waals surface area contributed by atoms with Crippen molar-refractivity contribution in [3.8, 4) is 44.8 Å². The van der Waals surface area contributed by atoms with Gasteiger partial charge in [-0.05, 0) is 101 Å². The van der Waals surface area contributed by atoms with E-state index in [1.165, 1.54) is 55.6 Å². The minimum Gasteiger partial charge on any atom is -0.512 e. The van der Waals surface area contributed by atoms with E-state index in [0.29, 0.717) is 0 Å². The largest absolute Gasteiger partial charge is 0.512 e. The molecule has 5 heteroatoms. The van der Waals surface area contributed by atoms with Gasteiger partial charge in [0.1, 0.15) is 11.3 Å². The Morgan fingerprint density at radius 3 is 2.16 bits per heavy atom. The third-order valence-corrected chi connectivity index (χ3v) is 11.4. The first-order chi connectivity index (χ1) is 26.5. The van der Waals surface area contributed by atoms with Gasteiger partial charge in [-0.15, -0.1) is 29.1 Å². The first kappa shape index (κ1) is 40.8. The number of hydrogen-bond donors (Lipinski definition) is 1. The van der Waals surface area contributed by atoms with E-state index in [2.05, 4.69) is 119 Å². The molecule has 0 aliphatic heterocycles. The van der Waals surface area contributed by atoms with Crippen LogP contribution in [-0.4, -0.2) is 15.9 Å². The molecule has 56 heavy (non-hydrogen) atoms. The zero-order valence-corrected chi connectivity index (χ0v) is 36.2. The van der Waals surface area contributed by atoms with Gasteiger partial charge in [-0.2, -0.15) is 0 Å². The first-order valence-electron chi connectivity index (χ1n) is 19.9. The molecule has 0 fully saturated rings. The van der Waals surface area contributed by atoms with E-state index in [-0.39, 0.29) is 48.9 Å². The molecule has 7 aromatic rings. The van der Waals surface area contributed by atoms with E-state index in [4.69, 9.17) is 9.40 Å². The van der Waals surface area contributed by atoms with Crippen LogP contribution in [0.3, 0.4) is 0 Å². The summed E-state index contributed by atoms with van der Waals surface area (Å²) in [6, 6.07) is 36.3. The van der Waals surface area contributed by atoms with Gasteiger partial charge in [0.2, 0.25) is 0 Å². The monoisotopic (exact) mass is 919 g/mol. The average molecular weight is 919 g/mol. The van der Waals surface area contributed by atoms with Crippen LogP contribution in [0, 0.1) is 24.8 Å². The van der Waals surface area contributed by atoms with Crippen molar-refractivity contribution >= 4 is 38.3 Å². The van der Waals surface area contributed by atoms with Crippen LogP contribution in [0.25, 0.3) is 77.3 Å². The van der Waals surface area contributed by atoms with Crippen molar-refractivity contribution in [1.29, 1.82) is 0 Å². The quantitative estimate of drug-likeness (QED) is 0.0890. The number of furan rings is 1. The van der Waals surface area contributed by atoms with Crippen LogP contribution in [0.1, 0.15) is 85.3 Å². The van der Waals surface area contributed by atoms with Crippen LogP contribution in [0.4, 0.5) is 0 Å². The van der Waals surface area contributed by atoms with Crippen LogP contribution < -0.4 is 0 Å². The molecule has 0 amide bonds. The number of aromatic nitrogens is 1. The van der Waals surface area contributed by atoms with Gasteiger partial charge in [-0.3, -0.25) is 9.78 Å². The molecule has 8 rings (SSSR count). The van der Waals surface area contributed by atoms with Crippen LogP contribution in [0.15, 0.2) is 113 Å². The van der Waals surface area contributed by atoms with E-state index >= 15 is 0 Å². The van der Waals surface area contributed by atoms with Crippen molar-refractivity contribution in [3.05, 3.63) is 126 Å². The molecule has 0 saturated heterocycles. The normalized spacial score (nSPS) is 12.3. The fourth-order valence-corrected chi connectivity index (χ4v) is 8.33. The second-order valence-corrected chi connectivity index (χ2v) is 16.0. The van der Waals surface area contributed by atoms with Gasteiger partial charge in [0, 0.05) is 60.9 Å². The van der Waals surface area contributed by atoms with Crippen molar-refractivity contribution in [3.63, 3.8) is 0 Å². The molecule has 0 saturated carbocycles. The number of allylic oxidation sites excluding steroid dienone is 2. The van der Waals surface area contributed by atoms with E-state index in [1.807, 2.05) is 40.0 Å². The van der Waals surface area contributed by atoms with Gasteiger partial charge < -0.3 is 9.52 Å². The molecule has 2 aromatic heterocycles. The SMILES string of the molecule is CCC(CC)C(=O)/C=C(\O)C(CC)CC.Cc1cc(-c2cc3ccnc(-c4[c-]c5ccccc5c(C(C)(C)C)c4)c3o2)cc2c1-c1cccc3cccc-2c13.[Ir]. The van der Waals surface area contributed by atoms with Crippen LogP contribution in [0.2, 0.25) is 0 Å². The molecule has 0 spiro atoms. The van der Waals surface area contributed by atoms with Crippen LogP contribution >= 0.6 is 0 Å². The zero-order chi connectivity index (χ0) is 39.0. The summed E-state index contributed by atoms with van der Waals surface area (Å²) in [6.07, 6.45) is 6.78. The Labute approximate surface area is 345 Å². The smallest absolute Gasteiger partial charge is 0.162 e. The summed E-state index contributed by atoms with van der Waals surface area (Å²) in [5.41, 5.74) is 11.4. The third kappa shape index (κ3) is 7.64. The van der Waals surface area contributed by atoms with Crippen molar-refractivity contribution in [2.75, 3.05) is 0 Å². The third-order valence-electron chi connectivity index (χ3n) is 11.4. The molecule has 1 aliphatic rings. The molecule has 4 nitrogen and oxygen atoms in total. The molecule has 289 valence electrons. The molecule has 1 radical (unpaired) electrons. The Hall–Kier alpha value is -4.83. The van der Waals surface area contributed by atoms with E-state index in [9.17, 15) is 9.90 Å². The van der Waals surface area contributed by atoms with Gasteiger partial charge in [-0.25, -0.2) is 0 Å². The number of ketones is 1. The van der Waals surface area contributed by atoms with Crippen molar-refractivity contribution < 1.29 is 34.4 Å². The second-order valence-electron chi connectivity index (χ2n) is 16.0. The second kappa shape index (κ2) is 16.7. The molecular weight excluding hydrogens is 867 g/mol. The molecular formula is C51H52IrNO3-. The summed E-state index contributed by atoms with van der Waals surface area (Å²) < 4.78 is 6.66. The molecule has 1 aliphatic carbocycles. The van der Waals surface area contributed by atoms with Gasteiger partial charge in [0.05, 0.1) is 5.76 Å². The van der Waals surface area contributed by atoms with Crippen molar-refractivity contribution in [2.45, 2.75) is 86.5 Å². The number of pyridine rings is 1. The predicted molar refractivity (Wildman–Crippen MR) is 230 cm³/mol. The fraction of sp³-hybridized carbons (Fsp3) is 0.294. The number of hydrogen-bond acceptors (Lipinski definition) is 4. The summed E-state index contributed by atoms with van der Waals surface area (Å²) in [5.74, 6) is 1.40. The molecule has 2 heterocycles. The van der Waals surface area contributed by atoms with Gasteiger partial charge in [0.25, 0.3) is 0 Å². The van der Waals surface area contributed by atoms with Gasteiger partial charge in [0.15, 0.2) is 5.78 Å². The van der Waals surface area contributed by atoms with E-state index in [1.54, 1.807) is 0 Å². The first-order valence-corrected chi connectivity index (χ1v) is 19.9. The summed E-state index contributed by atoms with van der Waals surface area (Å²) in [6.45, 7) is 17.0. The standard InChI is InChI=1S/C38H28NO.C13H24O2.Ir/c1-22-17-26(19-31-29-13-7-10-23-11-8-14-30(34(22)31)35(23)29)33-21-25-15-16-39-36(37(25)40-33)27-18-24-9-5-6-12-28(24)32(20-27)38(2,3)4;1-5-10(6-2)12(14)9-13(15)11(7-3)8-4;/h5-17,19-21H,1-4H3;9-11,14H,5-8H2,1-4H3;/q-1;;/b;12-9-;. The number of fused-ring (bicyclic) bond motifs is 5. The topological polar surface area (TPSA) is 63.3 Å². The molecule has 0 unspecified atom stereocenters. The van der Waals surface area contributed by atoms with Crippen molar-refractivity contribution in [2.24, 2.45) is 11.8 Å². The number of aliphatic hydroxyl groups excluding tert-OH is 1. The van der Waals surface area contributed by atoms with E-state index < -0.39 is 0 Å². The number of carbonyl (C=O) groups is 1. The maximum atomic E-state index is 11.7. The minimum atomic E-state index is -0.0198. The van der Waals surface area contributed by atoms with E-state index in [0.717, 1.165) is 64.6 Å². The zero-order valence-electron chi connectivity index (χ0n) is 33.8. The fourth-order valence-electron chi connectivity index (χ4n) is 8.33. The van der Waals surface area contributed by atoms with Crippen LogP contribution in [0.5, 0.6) is 0 Å². The Morgan fingerprint density at radius 2 is 1.48 bits per heavy atom. The number of benzene rings is 5. The number of aliphatic hydroxyl groups is 1. The van der Waals surface area contributed by atoms with Gasteiger partial charge >= 0.3 is 0 Å². The maximum absolute atomic E-state index is 11.7. The van der Waals surface area contributed by atoms with Crippen molar-refractivity contribution in [1.82, 2.24) is 4.98 Å². The summed E-state index contributed by atoms with van der Waals surface area (Å²) in [4.78, 5) is 16.5. The number of rotatable bonds is 9. The van der Waals surface area contributed by atoms with Crippen LogP contribution in [-0.2, 0) is 30.3 Å². The molecule has 0 atom stereocenters. The number of aryl methyl sites for hydroxylation is 1. The average Bonchev–Trinajstić information content (AvgIpc) is 3.76. The number of nitrogens with zero attached hydrogens (tertiary/aromatic N) is 1. The summed E-state index contributed by atoms with van der Waals surface area (Å²) in [7, 11) is 0. The van der Waals surface area contributed by atoms with Gasteiger partial charge in [-0.1, -0.05) is 114 Å². The minimum absolute atomic E-state index is 0. The Morgan fingerprint density at radius 1 is 0.804 bits per heavy atom. The maximum Gasteiger partial charge on any atom is 0.162 e. The molecule has 0 bridgehead atoms. The summed E-state index contributed by atoms with van der Waals surface area (Å²) in [5, 5.41) is 15.8. The number of carbonyl (C=O) groups excluding carboxylic acids is 1.